The minimum atomic E-state index is -3.33. The van der Waals surface area contributed by atoms with Crippen molar-refractivity contribution in [2.75, 3.05) is 0 Å². The van der Waals surface area contributed by atoms with Gasteiger partial charge in [0.05, 0.1) is 0 Å². The molecule has 3 nitrogen and oxygen atoms in total. The third-order valence-electron chi connectivity index (χ3n) is 5.18. The monoisotopic (exact) mass is 572 g/mol. The standard InChI is InChI=1S/3C8H10O.Bi/c3*1-6-4-3-5-8(9)7(6)2;/h3*3-5,9H,1-2H3;/q;;;+3/p-3. The number of rotatable bonds is 6. The molecule has 0 saturated carbocycles. The summed E-state index contributed by atoms with van der Waals surface area (Å²) in [6.45, 7) is 12.5. The molecule has 3 aromatic carbocycles. The fourth-order valence-electron chi connectivity index (χ4n) is 2.77. The van der Waals surface area contributed by atoms with E-state index in [4.69, 9.17) is 8.44 Å². The first-order valence-corrected chi connectivity index (χ1v) is 13.7. The Balaban J connectivity index is 1.94. The molecule has 0 amide bonds. The fourth-order valence-corrected chi connectivity index (χ4v) is 7.38. The number of aryl methyl sites for hydroxylation is 3. The van der Waals surface area contributed by atoms with E-state index in [-0.39, 0.29) is 0 Å². The van der Waals surface area contributed by atoms with E-state index in [0.717, 1.165) is 33.9 Å². The van der Waals surface area contributed by atoms with Crippen LogP contribution in [0.15, 0.2) is 54.6 Å². The maximum absolute atomic E-state index is 6.38. The molecule has 0 saturated heterocycles. The average Bonchev–Trinajstić information content (AvgIpc) is 2.66. The van der Waals surface area contributed by atoms with Crippen LogP contribution in [0, 0.1) is 41.5 Å². The van der Waals surface area contributed by atoms with E-state index in [1.165, 1.54) is 16.7 Å². The molecule has 3 rings (SSSR count). The second kappa shape index (κ2) is 8.96. The number of benzene rings is 3. The summed E-state index contributed by atoms with van der Waals surface area (Å²) in [5, 5.41) is 0. The van der Waals surface area contributed by atoms with Crippen LogP contribution in [0.3, 0.4) is 0 Å². The van der Waals surface area contributed by atoms with Gasteiger partial charge in [0.15, 0.2) is 0 Å². The van der Waals surface area contributed by atoms with Gasteiger partial charge < -0.3 is 0 Å². The minimum absolute atomic E-state index is 0.841. The summed E-state index contributed by atoms with van der Waals surface area (Å²) >= 11 is -3.33. The molecule has 0 unspecified atom stereocenters. The van der Waals surface area contributed by atoms with Crippen LogP contribution in [0.4, 0.5) is 0 Å². The molecule has 0 N–H and O–H groups in total. The summed E-state index contributed by atoms with van der Waals surface area (Å²) in [5.41, 5.74) is 6.95. The van der Waals surface area contributed by atoms with Crippen molar-refractivity contribution in [3.8, 4) is 17.2 Å². The van der Waals surface area contributed by atoms with E-state index in [2.05, 4.69) is 59.7 Å². The third kappa shape index (κ3) is 4.67. The second-order valence-corrected chi connectivity index (χ2v) is 11.0. The molecule has 0 heterocycles. The molecular formula is C24H27BiO3. The van der Waals surface area contributed by atoms with Gasteiger partial charge in [-0.15, -0.1) is 0 Å². The molecule has 0 aliphatic heterocycles. The van der Waals surface area contributed by atoms with Gasteiger partial charge in [-0.05, 0) is 0 Å². The number of hydrogen-bond donors (Lipinski definition) is 0. The van der Waals surface area contributed by atoms with Gasteiger partial charge in [-0.25, -0.2) is 0 Å². The van der Waals surface area contributed by atoms with Crippen LogP contribution < -0.4 is 8.44 Å². The third-order valence-corrected chi connectivity index (χ3v) is 9.22. The molecule has 0 atom stereocenters. The van der Waals surface area contributed by atoms with Crippen molar-refractivity contribution < 1.29 is 8.44 Å². The van der Waals surface area contributed by atoms with Crippen LogP contribution in [0.1, 0.15) is 33.4 Å². The van der Waals surface area contributed by atoms with Gasteiger partial charge in [0.1, 0.15) is 0 Å². The Morgan fingerprint density at radius 3 is 1.04 bits per heavy atom. The Labute approximate surface area is 177 Å². The molecule has 0 aromatic heterocycles. The second-order valence-electron chi connectivity index (χ2n) is 7.09. The maximum atomic E-state index is 6.38. The van der Waals surface area contributed by atoms with Gasteiger partial charge in [0.25, 0.3) is 0 Å². The molecule has 3 aromatic rings. The predicted molar refractivity (Wildman–Crippen MR) is 115 cm³/mol. The van der Waals surface area contributed by atoms with Gasteiger partial charge in [-0.2, -0.15) is 0 Å². The fraction of sp³-hybridized carbons (Fsp3) is 0.250. The van der Waals surface area contributed by atoms with Crippen LogP contribution in [0.2, 0.25) is 0 Å². The summed E-state index contributed by atoms with van der Waals surface area (Å²) in [5.74, 6) is 2.52. The van der Waals surface area contributed by atoms with Crippen LogP contribution >= 0.6 is 0 Å². The van der Waals surface area contributed by atoms with Crippen molar-refractivity contribution in [1.29, 1.82) is 0 Å². The van der Waals surface area contributed by atoms with Crippen LogP contribution in [-0.4, -0.2) is 23.1 Å². The molecule has 0 fully saturated rings. The molecule has 28 heavy (non-hydrogen) atoms. The first kappa shape index (κ1) is 20.7. The van der Waals surface area contributed by atoms with Crippen molar-refractivity contribution in [3.05, 3.63) is 88.0 Å². The summed E-state index contributed by atoms with van der Waals surface area (Å²) in [6, 6.07) is 18.3. The Bertz CT molecular complexity index is 854. The predicted octanol–water partition coefficient (Wildman–Crippen LogP) is 6.06. The first-order valence-electron chi connectivity index (χ1n) is 9.39. The molecule has 0 aliphatic rings. The van der Waals surface area contributed by atoms with Crippen molar-refractivity contribution in [2.45, 2.75) is 41.5 Å². The summed E-state index contributed by atoms with van der Waals surface area (Å²) in [4.78, 5) is 0. The summed E-state index contributed by atoms with van der Waals surface area (Å²) < 4.78 is 19.1. The van der Waals surface area contributed by atoms with Crippen LogP contribution in [0.25, 0.3) is 0 Å². The first-order chi connectivity index (χ1) is 13.4. The zero-order chi connectivity index (χ0) is 20.3. The van der Waals surface area contributed by atoms with Gasteiger partial charge in [0.2, 0.25) is 0 Å². The molecular weight excluding hydrogens is 545 g/mol. The normalized spacial score (nSPS) is 10.8. The van der Waals surface area contributed by atoms with E-state index in [1.807, 2.05) is 36.4 Å². The quantitative estimate of drug-likeness (QED) is 0.337. The Morgan fingerprint density at radius 2 is 0.750 bits per heavy atom. The van der Waals surface area contributed by atoms with E-state index in [9.17, 15) is 0 Å². The summed E-state index contributed by atoms with van der Waals surface area (Å²) in [7, 11) is 0. The Hall–Kier alpha value is -2.06. The molecule has 146 valence electrons. The van der Waals surface area contributed by atoms with E-state index < -0.39 is 23.1 Å². The molecule has 0 aliphatic carbocycles. The van der Waals surface area contributed by atoms with Gasteiger partial charge >= 0.3 is 178 Å². The van der Waals surface area contributed by atoms with Gasteiger partial charge in [-0.3, -0.25) is 0 Å². The zero-order valence-electron chi connectivity index (χ0n) is 17.4. The average molecular weight is 572 g/mol. The molecule has 0 bridgehead atoms. The van der Waals surface area contributed by atoms with Gasteiger partial charge in [0, 0.05) is 0 Å². The Morgan fingerprint density at radius 1 is 0.464 bits per heavy atom. The number of hydrogen-bond acceptors (Lipinski definition) is 3. The topological polar surface area (TPSA) is 27.7 Å². The van der Waals surface area contributed by atoms with Crippen molar-refractivity contribution in [3.63, 3.8) is 0 Å². The van der Waals surface area contributed by atoms with Gasteiger partial charge in [-0.1, -0.05) is 0 Å². The van der Waals surface area contributed by atoms with Crippen molar-refractivity contribution in [1.82, 2.24) is 0 Å². The zero-order valence-corrected chi connectivity index (χ0v) is 20.8. The molecule has 4 heteroatoms. The van der Waals surface area contributed by atoms with E-state index in [0.29, 0.717) is 0 Å². The van der Waals surface area contributed by atoms with Crippen LogP contribution in [0.5, 0.6) is 17.2 Å². The van der Waals surface area contributed by atoms with E-state index in [1.54, 1.807) is 0 Å². The SMILES string of the molecule is Cc1cccc([O][Bi]([O]c2cccc(C)c2C)[O]c2cccc(C)c2C)c1C. The van der Waals surface area contributed by atoms with Crippen molar-refractivity contribution in [2.24, 2.45) is 0 Å². The Kier molecular flexibility index (Phi) is 6.62. The van der Waals surface area contributed by atoms with E-state index >= 15 is 0 Å². The molecule has 0 radical (unpaired) electrons. The molecule has 0 spiro atoms. The summed E-state index contributed by atoms with van der Waals surface area (Å²) in [6.07, 6.45) is 0. The van der Waals surface area contributed by atoms with Crippen molar-refractivity contribution >= 4 is 23.1 Å². The van der Waals surface area contributed by atoms with Crippen LogP contribution in [-0.2, 0) is 0 Å².